The Kier molecular flexibility index (Phi) is 5.92. The molecular weight excluding hydrogens is 331 g/mol. The minimum Gasteiger partial charge on any atom is -0.329 e. The summed E-state index contributed by atoms with van der Waals surface area (Å²) in [6.45, 7) is 0.813. The summed E-state index contributed by atoms with van der Waals surface area (Å²) < 4.78 is 26.4. The second kappa shape index (κ2) is 6.61. The molecule has 1 aliphatic heterocycles. The van der Waals surface area contributed by atoms with Crippen molar-refractivity contribution in [3.8, 4) is 0 Å². The van der Waals surface area contributed by atoms with Crippen molar-refractivity contribution in [3.63, 3.8) is 0 Å². The fourth-order valence-corrected chi connectivity index (χ4v) is 4.62. The third-order valence-corrected chi connectivity index (χ3v) is 5.75. The summed E-state index contributed by atoms with van der Waals surface area (Å²) in [5.41, 5.74) is 5.60. The normalized spacial score (nSPS) is 20.3. The zero-order chi connectivity index (χ0) is 13.3. The molecule has 0 saturated carbocycles. The highest BCUT2D eigenvalue weighted by molar-refractivity contribution is 7.89. The highest BCUT2D eigenvalue weighted by Crippen LogP contribution is 2.31. The number of rotatable bonds is 3. The van der Waals surface area contributed by atoms with E-state index < -0.39 is 10.0 Å². The van der Waals surface area contributed by atoms with Crippen LogP contribution in [0.5, 0.6) is 0 Å². The summed E-state index contributed by atoms with van der Waals surface area (Å²) >= 11 is 11.7. The minimum absolute atomic E-state index is 0. The van der Waals surface area contributed by atoms with Crippen molar-refractivity contribution >= 4 is 45.6 Å². The van der Waals surface area contributed by atoms with Gasteiger partial charge in [-0.1, -0.05) is 23.2 Å². The molecule has 1 saturated heterocycles. The van der Waals surface area contributed by atoms with E-state index in [1.165, 1.54) is 22.5 Å². The Hall–Kier alpha value is -0.0400. The zero-order valence-electron chi connectivity index (χ0n) is 10.1. The topological polar surface area (TPSA) is 63.4 Å². The summed E-state index contributed by atoms with van der Waals surface area (Å²) in [4.78, 5) is 0.0916. The average Bonchev–Trinajstić information content (AvgIpc) is 2.76. The summed E-state index contributed by atoms with van der Waals surface area (Å²) in [5.74, 6) is 0. The summed E-state index contributed by atoms with van der Waals surface area (Å²) in [5, 5.41) is 0.556. The first-order valence-corrected chi connectivity index (χ1v) is 7.83. The number of benzene rings is 1. The lowest BCUT2D eigenvalue weighted by atomic mass is 10.2. The first-order chi connectivity index (χ1) is 8.46. The molecule has 0 amide bonds. The van der Waals surface area contributed by atoms with Gasteiger partial charge in [-0.15, -0.1) is 12.4 Å². The van der Waals surface area contributed by atoms with Gasteiger partial charge in [0.15, 0.2) is 0 Å². The molecule has 1 fully saturated rings. The molecular formula is C11H15Cl3N2O2S. The van der Waals surface area contributed by atoms with Crippen LogP contribution in [0.25, 0.3) is 0 Å². The van der Waals surface area contributed by atoms with Crippen LogP contribution in [0.2, 0.25) is 10.0 Å². The first-order valence-electron chi connectivity index (χ1n) is 5.64. The maximum Gasteiger partial charge on any atom is 0.244 e. The lowest BCUT2D eigenvalue weighted by Crippen LogP contribution is -2.39. The Bertz CT molecular complexity index is 551. The quantitative estimate of drug-likeness (QED) is 0.915. The van der Waals surface area contributed by atoms with Crippen LogP contribution < -0.4 is 5.73 Å². The van der Waals surface area contributed by atoms with Gasteiger partial charge in [-0.25, -0.2) is 8.42 Å². The smallest absolute Gasteiger partial charge is 0.244 e. The number of nitrogens with two attached hydrogens (primary N) is 1. The highest BCUT2D eigenvalue weighted by atomic mass is 35.5. The zero-order valence-corrected chi connectivity index (χ0v) is 13.2. The van der Waals surface area contributed by atoms with E-state index in [-0.39, 0.29) is 28.4 Å². The summed E-state index contributed by atoms with van der Waals surface area (Å²) in [7, 11) is -3.58. The van der Waals surface area contributed by atoms with Crippen LogP contribution in [0, 0.1) is 0 Å². The van der Waals surface area contributed by atoms with Gasteiger partial charge < -0.3 is 5.73 Å². The minimum atomic E-state index is -3.58. The lowest BCUT2D eigenvalue weighted by Gasteiger charge is -2.23. The molecule has 4 nitrogen and oxygen atoms in total. The molecule has 2 rings (SSSR count). The van der Waals surface area contributed by atoms with Gasteiger partial charge >= 0.3 is 0 Å². The van der Waals surface area contributed by atoms with E-state index in [0.29, 0.717) is 18.1 Å². The summed E-state index contributed by atoms with van der Waals surface area (Å²) in [6.07, 6.45) is 1.62. The van der Waals surface area contributed by atoms with E-state index >= 15 is 0 Å². The number of sulfonamides is 1. The molecule has 1 aliphatic rings. The third-order valence-electron chi connectivity index (χ3n) is 3.08. The largest absolute Gasteiger partial charge is 0.329 e. The standard InChI is InChI=1S/C11H14Cl2N2O2S.ClH/c12-8-3-4-11(10(13)6-8)18(16,17)15-5-1-2-9(15)7-14;/h3-4,6,9H,1-2,5,7,14H2;1H. The number of hydrogen-bond acceptors (Lipinski definition) is 3. The predicted molar refractivity (Wildman–Crippen MR) is 79.7 cm³/mol. The van der Waals surface area contributed by atoms with Crippen molar-refractivity contribution in [2.24, 2.45) is 5.73 Å². The fourth-order valence-electron chi connectivity index (χ4n) is 2.17. The molecule has 0 radical (unpaired) electrons. The molecule has 0 bridgehead atoms. The predicted octanol–water partition coefficient (Wildman–Crippen LogP) is 2.53. The number of halogens is 3. The van der Waals surface area contributed by atoms with Crippen molar-refractivity contribution in [1.82, 2.24) is 4.31 Å². The van der Waals surface area contributed by atoms with Crippen molar-refractivity contribution in [2.45, 2.75) is 23.8 Å². The third kappa shape index (κ3) is 3.35. The van der Waals surface area contributed by atoms with Gasteiger partial charge in [0.25, 0.3) is 0 Å². The summed E-state index contributed by atoms with van der Waals surface area (Å²) in [6, 6.07) is 4.25. The van der Waals surface area contributed by atoms with E-state index in [1.807, 2.05) is 0 Å². The Morgan fingerprint density at radius 3 is 2.63 bits per heavy atom. The van der Waals surface area contributed by atoms with Crippen molar-refractivity contribution in [1.29, 1.82) is 0 Å². The van der Waals surface area contributed by atoms with E-state index in [0.717, 1.165) is 12.8 Å². The maximum absolute atomic E-state index is 12.5. The van der Waals surface area contributed by atoms with Gasteiger partial charge in [0, 0.05) is 24.2 Å². The molecule has 1 aromatic rings. The van der Waals surface area contributed by atoms with Gasteiger partial charge in [0.05, 0.1) is 5.02 Å². The van der Waals surface area contributed by atoms with Gasteiger partial charge in [-0.05, 0) is 31.0 Å². The van der Waals surface area contributed by atoms with Crippen LogP contribution in [0.1, 0.15) is 12.8 Å². The second-order valence-corrected chi connectivity index (χ2v) is 6.92. The van der Waals surface area contributed by atoms with Gasteiger partial charge in [0.1, 0.15) is 4.90 Å². The fraction of sp³-hybridized carbons (Fsp3) is 0.455. The second-order valence-electron chi connectivity index (χ2n) is 4.22. The van der Waals surface area contributed by atoms with Crippen molar-refractivity contribution in [2.75, 3.05) is 13.1 Å². The molecule has 1 unspecified atom stereocenters. The Morgan fingerprint density at radius 2 is 2.05 bits per heavy atom. The molecule has 0 spiro atoms. The van der Waals surface area contributed by atoms with Crippen LogP contribution in [-0.4, -0.2) is 31.9 Å². The molecule has 19 heavy (non-hydrogen) atoms. The average molecular weight is 346 g/mol. The molecule has 8 heteroatoms. The molecule has 1 aromatic carbocycles. The van der Waals surface area contributed by atoms with Crippen molar-refractivity contribution in [3.05, 3.63) is 28.2 Å². The van der Waals surface area contributed by atoms with Crippen LogP contribution in [0.4, 0.5) is 0 Å². The van der Waals surface area contributed by atoms with E-state index in [2.05, 4.69) is 0 Å². The van der Waals surface area contributed by atoms with E-state index in [9.17, 15) is 8.42 Å². The molecule has 108 valence electrons. The van der Waals surface area contributed by atoms with Crippen LogP contribution in [0.3, 0.4) is 0 Å². The van der Waals surface area contributed by atoms with E-state index in [1.54, 1.807) is 0 Å². The molecule has 0 aromatic heterocycles. The lowest BCUT2D eigenvalue weighted by molar-refractivity contribution is 0.393. The van der Waals surface area contributed by atoms with Crippen LogP contribution in [0.15, 0.2) is 23.1 Å². The highest BCUT2D eigenvalue weighted by Gasteiger charge is 2.35. The molecule has 1 atom stereocenters. The van der Waals surface area contributed by atoms with Crippen LogP contribution >= 0.6 is 35.6 Å². The number of nitrogens with zero attached hydrogens (tertiary/aromatic N) is 1. The Balaban J connectivity index is 0.00000180. The van der Waals surface area contributed by atoms with Gasteiger partial charge in [-0.3, -0.25) is 0 Å². The van der Waals surface area contributed by atoms with Gasteiger partial charge in [0.2, 0.25) is 10.0 Å². The van der Waals surface area contributed by atoms with Crippen LogP contribution in [-0.2, 0) is 10.0 Å². The molecule has 1 heterocycles. The maximum atomic E-state index is 12.5. The number of hydrogen-bond donors (Lipinski definition) is 1. The Labute approximate surface area is 129 Å². The SMILES string of the molecule is Cl.NCC1CCCN1S(=O)(=O)c1ccc(Cl)cc1Cl. The van der Waals surface area contributed by atoms with E-state index in [4.69, 9.17) is 28.9 Å². The Morgan fingerprint density at radius 1 is 1.37 bits per heavy atom. The van der Waals surface area contributed by atoms with Gasteiger partial charge in [-0.2, -0.15) is 4.31 Å². The monoisotopic (exact) mass is 344 g/mol. The first kappa shape index (κ1) is 17.0. The molecule has 2 N–H and O–H groups in total. The molecule has 0 aliphatic carbocycles. The van der Waals surface area contributed by atoms with Crippen molar-refractivity contribution < 1.29 is 8.42 Å².